The highest BCUT2D eigenvalue weighted by Crippen LogP contribution is 2.41. The van der Waals surface area contributed by atoms with Gasteiger partial charge in [-0.3, -0.25) is 4.90 Å². The first-order valence-electron chi connectivity index (χ1n) is 7.08. The molecule has 0 amide bonds. The molecule has 0 N–H and O–H groups in total. The summed E-state index contributed by atoms with van der Waals surface area (Å²) in [5, 5.41) is 0. The molecular weight excluding hydrogens is 225 g/mol. The molecule has 1 rings (SSSR count). The molecule has 1 saturated heterocycles. The monoisotopic (exact) mass is 255 g/mol. The smallest absolute Gasteiger partial charge is 0.402 e. The molecule has 1 heterocycles. The largest absolute Gasteiger partial charge is 0.479 e. The van der Waals surface area contributed by atoms with E-state index in [1.165, 1.54) is 0 Å². The average Bonchev–Trinajstić information content (AvgIpc) is 2.36. The Morgan fingerprint density at radius 2 is 1.44 bits per heavy atom. The van der Waals surface area contributed by atoms with E-state index in [9.17, 15) is 0 Å². The van der Waals surface area contributed by atoms with Crippen LogP contribution in [0, 0.1) is 0 Å². The van der Waals surface area contributed by atoms with Crippen LogP contribution in [0.3, 0.4) is 0 Å². The Kier molecular flexibility index (Phi) is 4.27. The maximum Gasteiger partial charge on any atom is 0.479 e. The highest BCUT2D eigenvalue weighted by Gasteiger charge is 2.58. The molecule has 0 aromatic heterocycles. The number of rotatable bonds is 4. The van der Waals surface area contributed by atoms with E-state index in [-0.39, 0.29) is 23.8 Å². The summed E-state index contributed by atoms with van der Waals surface area (Å²) in [5.74, 6) is 0. The lowest BCUT2D eigenvalue weighted by Gasteiger charge is -2.41. The average molecular weight is 255 g/mol. The highest BCUT2D eigenvalue weighted by atomic mass is 16.7. The van der Waals surface area contributed by atoms with E-state index in [0.29, 0.717) is 6.04 Å². The third-order valence-electron chi connectivity index (χ3n) is 4.53. The van der Waals surface area contributed by atoms with E-state index in [0.717, 1.165) is 6.54 Å². The van der Waals surface area contributed by atoms with E-state index < -0.39 is 0 Å². The molecule has 0 aliphatic carbocycles. The molecular formula is C14H30BNO2. The summed E-state index contributed by atoms with van der Waals surface area (Å²) in [6.07, 6.45) is 0. The van der Waals surface area contributed by atoms with Crippen LogP contribution in [0.1, 0.15) is 62.3 Å². The number of hydrogen-bond donors (Lipinski definition) is 0. The minimum absolute atomic E-state index is 0.131. The second-order valence-electron chi connectivity index (χ2n) is 7.12. The molecule has 0 aromatic carbocycles. The molecule has 0 aromatic rings. The van der Waals surface area contributed by atoms with Gasteiger partial charge in [-0.2, -0.15) is 0 Å². The van der Waals surface area contributed by atoms with E-state index in [4.69, 9.17) is 9.31 Å². The molecule has 0 unspecified atom stereocenters. The Bertz CT molecular complexity index is 284. The van der Waals surface area contributed by atoms with Crippen LogP contribution in [0.4, 0.5) is 0 Å². The Morgan fingerprint density at radius 1 is 1.06 bits per heavy atom. The zero-order chi connectivity index (χ0) is 14.4. The Morgan fingerprint density at radius 3 is 1.72 bits per heavy atom. The van der Waals surface area contributed by atoms with Gasteiger partial charge in [-0.05, 0) is 61.9 Å². The summed E-state index contributed by atoms with van der Waals surface area (Å²) in [4.78, 5) is 2.43. The summed E-state index contributed by atoms with van der Waals surface area (Å²) in [7, 11) is -0.190. The van der Waals surface area contributed by atoms with E-state index in [2.05, 4.69) is 67.2 Å². The van der Waals surface area contributed by atoms with Gasteiger partial charge in [0, 0.05) is 6.04 Å². The van der Waals surface area contributed by atoms with Crippen molar-refractivity contribution in [1.29, 1.82) is 0 Å². The highest BCUT2D eigenvalue weighted by molar-refractivity contribution is 6.49. The minimum Gasteiger partial charge on any atom is -0.402 e. The molecule has 0 bridgehead atoms. The maximum absolute atomic E-state index is 6.20. The van der Waals surface area contributed by atoms with Gasteiger partial charge in [0.1, 0.15) is 0 Å². The second kappa shape index (κ2) is 4.80. The molecule has 1 fully saturated rings. The van der Waals surface area contributed by atoms with Gasteiger partial charge in [0.25, 0.3) is 0 Å². The van der Waals surface area contributed by atoms with Crippen LogP contribution in [0.5, 0.6) is 0 Å². The SMILES string of the molecule is CCN(C(C)C)C(C)(C)B1OC(C)(C)C(C)(C)O1. The third-order valence-corrected chi connectivity index (χ3v) is 4.53. The van der Waals surface area contributed by atoms with Crippen molar-refractivity contribution in [2.75, 3.05) is 6.54 Å². The van der Waals surface area contributed by atoms with Crippen molar-refractivity contribution in [2.24, 2.45) is 0 Å². The Labute approximate surface area is 113 Å². The van der Waals surface area contributed by atoms with Gasteiger partial charge in [-0.15, -0.1) is 0 Å². The van der Waals surface area contributed by atoms with Crippen LogP contribution < -0.4 is 0 Å². The number of nitrogens with zero attached hydrogens (tertiary/aromatic N) is 1. The molecule has 106 valence electrons. The molecule has 18 heavy (non-hydrogen) atoms. The van der Waals surface area contributed by atoms with Gasteiger partial charge in [0.2, 0.25) is 0 Å². The Balaban J connectivity index is 2.95. The van der Waals surface area contributed by atoms with Crippen molar-refractivity contribution in [3.8, 4) is 0 Å². The fourth-order valence-electron chi connectivity index (χ4n) is 2.70. The predicted molar refractivity (Wildman–Crippen MR) is 77.7 cm³/mol. The zero-order valence-electron chi connectivity index (χ0n) is 13.6. The van der Waals surface area contributed by atoms with Gasteiger partial charge in [0.15, 0.2) is 0 Å². The minimum atomic E-state index is -0.259. The van der Waals surface area contributed by atoms with E-state index >= 15 is 0 Å². The van der Waals surface area contributed by atoms with Crippen molar-refractivity contribution >= 4 is 7.12 Å². The maximum atomic E-state index is 6.20. The lowest BCUT2D eigenvalue weighted by Crippen LogP contribution is -2.58. The van der Waals surface area contributed by atoms with E-state index in [1.54, 1.807) is 0 Å². The van der Waals surface area contributed by atoms with Crippen LogP contribution >= 0.6 is 0 Å². The van der Waals surface area contributed by atoms with Crippen molar-refractivity contribution in [2.45, 2.75) is 85.0 Å². The van der Waals surface area contributed by atoms with Crippen molar-refractivity contribution < 1.29 is 9.31 Å². The first kappa shape index (κ1) is 16.0. The zero-order valence-corrected chi connectivity index (χ0v) is 13.6. The fraction of sp³-hybridized carbons (Fsp3) is 1.00. The van der Waals surface area contributed by atoms with Crippen LogP contribution in [-0.4, -0.2) is 41.2 Å². The number of hydrogen-bond acceptors (Lipinski definition) is 3. The van der Waals surface area contributed by atoms with Crippen molar-refractivity contribution in [3.63, 3.8) is 0 Å². The fourth-order valence-corrected chi connectivity index (χ4v) is 2.70. The molecule has 0 spiro atoms. The lowest BCUT2D eigenvalue weighted by atomic mass is 9.65. The first-order chi connectivity index (χ1) is 7.95. The third kappa shape index (κ3) is 2.61. The molecule has 0 saturated carbocycles. The van der Waals surface area contributed by atoms with Gasteiger partial charge in [-0.25, -0.2) is 0 Å². The normalized spacial score (nSPS) is 23.2. The van der Waals surface area contributed by atoms with Crippen LogP contribution in [0.25, 0.3) is 0 Å². The summed E-state index contributed by atoms with van der Waals surface area (Å²) in [6.45, 7) is 20.5. The Hall–Kier alpha value is -0.0551. The van der Waals surface area contributed by atoms with Gasteiger partial charge in [0.05, 0.1) is 16.6 Å². The standard InChI is InChI=1S/C14H30BNO2/c1-10-16(11(2)3)14(8,9)15-17-12(4,5)13(6,7)18-15/h11H,10H2,1-9H3. The predicted octanol–water partition coefficient (Wildman–Crippen LogP) is 3.13. The summed E-state index contributed by atoms with van der Waals surface area (Å²) >= 11 is 0. The topological polar surface area (TPSA) is 21.7 Å². The van der Waals surface area contributed by atoms with Gasteiger partial charge >= 0.3 is 7.12 Å². The summed E-state index contributed by atoms with van der Waals surface area (Å²) < 4.78 is 12.4. The lowest BCUT2D eigenvalue weighted by molar-refractivity contribution is 0.00578. The van der Waals surface area contributed by atoms with E-state index in [1.807, 2.05) is 0 Å². The summed E-state index contributed by atoms with van der Waals surface area (Å²) in [5.41, 5.74) is -0.648. The van der Waals surface area contributed by atoms with Gasteiger partial charge in [-0.1, -0.05) is 6.92 Å². The first-order valence-corrected chi connectivity index (χ1v) is 7.08. The van der Waals surface area contributed by atoms with Crippen molar-refractivity contribution in [1.82, 2.24) is 4.90 Å². The summed E-state index contributed by atoms with van der Waals surface area (Å²) in [6, 6.07) is 0.476. The van der Waals surface area contributed by atoms with Crippen LogP contribution in [0.15, 0.2) is 0 Å². The van der Waals surface area contributed by atoms with Crippen molar-refractivity contribution in [3.05, 3.63) is 0 Å². The molecule has 1 aliphatic rings. The molecule has 3 nitrogen and oxygen atoms in total. The molecule has 0 atom stereocenters. The second-order valence-corrected chi connectivity index (χ2v) is 7.12. The van der Waals surface area contributed by atoms with Crippen LogP contribution in [-0.2, 0) is 9.31 Å². The van der Waals surface area contributed by atoms with Crippen LogP contribution in [0.2, 0.25) is 0 Å². The molecule has 4 heteroatoms. The van der Waals surface area contributed by atoms with Gasteiger partial charge < -0.3 is 9.31 Å². The molecule has 0 radical (unpaired) electrons. The molecule has 1 aliphatic heterocycles. The quantitative estimate of drug-likeness (QED) is 0.720.